The summed E-state index contributed by atoms with van der Waals surface area (Å²) < 4.78 is 23.6. The molecule has 0 saturated heterocycles. The summed E-state index contributed by atoms with van der Waals surface area (Å²) in [6.07, 6.45) is -0.851. The standard InChI is InChI=1S/C8H13F2N3/c1-6(2)7-5-11-13(12-7)4-3-8(9)10/h5-6,8H,3-4H2,1-2H3. The van der Waals surface area contributed by atoms with E-state index >= 15 is 0 Å². The van der Waals surface area contributed by atoms with Crippen molar-refractivity contribution in [2.45, 2.75) is 39.2 Å². The molecule has 0 aromatic carbocycles. The summed E-state index contributed by atoms with van der Waals surface area (Å²) in [5.41, 5.74) is 0.842. The fourth-order valence-electron chi connectivity index (χ4n) is 0.896. The lowest BCUT2D eigenvalue weighted by molar-refractivity contribution is 0.128. The molecule has 1 heterocycles. The first kappa shape index (κ1) is 10.1. The second-order valence-electron chi connectivity index (χ2n) is 3.20. The molecule has 0 radical (unpaired) electrons. The van der Waals surface area contributed by atoms with Crippen LogP contribution >= 0.6 is 0 Å². The van der Waals surface area contributed by atoms with E-state index < -0.39 is 6.43 Å². The third-order valence-electron chi connectivity index (χ3n) is 1.69. The van der Waals surface area contributed by atoms with E-state index in [1.165, 1.54) is 4.80 Å². The molecule has 5 heteroatoms. The second kappa shape index (κ2) is 4.30. The van der Waals surface area contributed by atoms with Crippen LogP contribution in [0.3, 0.4) is 0 Å². The van der Waals surface area contributed by atoms with Gasteiger partial charge in [-0.15, -0.1) is 0 Å². The summed E-state index contributed by atoms with van der Waals surface area (Å²) in [6.45, 7) is 4.16. The van der Waals surface area contributed by atoms with Crippen LogP contribution in [-0.4, -0.2) is 21.4 Å². The largest absolute Gasteiger partial charge is 0.240 e. The van der Waals surface area contributed by atoms with Gasteiger partial charge >= 0.3 is 0 Å². The first-order valence-electron chi connectivity index (χ1n) is 4.27. The number of hydrogen-bond acceptors (Lipinski definition) is 2. The van der Waals surface area contributed by atoms with Crippen LogP contribution in [0, 0.1) is 0 Å². The van der Waals surface area contributed by atoms with Gasteiger partial charge in [-0.2, -0.15) is 15.0 Å². The van der Waals surface area contributed by atoms with Crippen molar-refractivity contribution in [1.29, 1.82) is 0 Å². The summed E-state index contributed by atoms with van der Waals surface area (Å²) in [4.78, 5) is 1.32. The Morgan fingerprint density at radius 1 is 1.46 bits per heavy atom. The van der Waals surface area contributed by atoms with Crippen LogP contribution in [0.15, 0.2) is 6.20 Å². The number of alkyl halides is 2. The summed E-state index contributed by atoms with van der Waals surface area (Å²) in [5, 5.41) is 7.94. The Labute approximate surface area is 75.7 Å². The third-order valence-corrected chi connectivity index (χ3v) is 1.69. The first-order chi connectivity index (χ1) is 6.09. The van der Waals surface area contributed by atoms with Crippen molar-refractivity contribution in [1.82, 2.24) is 15.0 Å². The maximum absolute atomic E-state index is 11.8. The lowest BCUT2D eigenvalue weighted by Gasteiger charge is -1.99. The number of halogens is 2. The van der Waals surface area contributed by atoms with Gasteiger partial charge in [0.25, 0.3) is 0 Å². The molecule has 0 aliphatic heterocycles. The molecule has 0 atom stereocenters. The molecule has 0 unspecified atom stereocenters. The van der Waals surface area contributed by atoms with E-state index in [1.54, 1.807) is 6.20 Å². The van der Waals surface area contributed by atoms with Crippen molar-refractivity contribution < 1.29 is 8.78 Å². The molecule has 0 N–H and O–H groups in total. The average Bonchev–Trinajstić information content (AvgIpc) is 2.48. The molecule has 13 heavy (non-hydrogen) atoms. The topological polar surface area (TPSA) is 30.7 Å². The third kappa shape index (κ3) is 3.08. The van der Waals surface area contributed by atoms with Gasteiger partial charge in [-0.05, 0) is 5.92 Å². The number of nitrogens with zero attached hydrogens (tertiary/aromatic N) is 3. The van der Waals surface area contributed by atoms with Crippen LogP contribution in [0.4, 0.5) is 8.78 Å². The van der Waals surface area contributed by atoms with Gasteiger partial charge in [-0.25, -0.2) is 8.78 Å². The van der Waals surface area contributed by atoms with Gasteiger partial charge in [-0.1, -0.05) is 13.8 Å². The number of rotatable bonds is 4. The highest BCUT2D eigenvalue weighted by Gasteiger charge is 2.07. The Balaban J connectivity index is 2.49. The fraction of sp³-hybridized carbons (Fsp3) is 0.750. The van der Waals surface area contributed by atoms with Crippen LogP contribution in [0.2, 0.25) is 0 Å². The van der Waals surface area contributed by atoms with Crippen molar-refractivity contribution in [3.63, 3.8) is 0 Å². The lowest BCUT2D eigenvalue weighted by atomic mass is 10.2. The average molecular weight is 189 g/mol. The predicted molar refractivity (Wildman–Crippen MR) is 44.7 cm³/mol. The van der Waals surface area contributed by atoms with E-state index in [-0.39, 0.29) is 13.0 Å². The monoisotopic (exact) mass is 189 g/mol. The quantitative estimate of drug-likeness (QED) is 0.725. The molecule has 0 bridgehead atoms. The fourth-order valence-corrected chi connectivity index (χ4v) is 0.896. The van der Waals surface area contributed by atoms with Crippen molar-refractivity contribution >= 4 is 0 Å². The molecule has 1 aromatic rings. The molecule has 0 fully saturated rings. The first-order valence-corrected chi connectivity index (χ1v) is 4.27. The van der Waals surface area contributed by atoms with E-state index in [1.807, 2.05) is 13.8 Å². The smallest absolute Gasteiger partial charge is 0.210 e. The normalized spacial score (nSPS) is 11.5. The van der Waals surface area contributed by atoms with Crippen molar-refractivity contribution in [2.75, 3.05) is 0 Å². The van der Waals surface area contributed by atoms with Gasteiger partial charge in [0.15, 0.2) is 0 Å². The van der Waals surface area contributed by atoms with Gasteiger partial charge in [-0.3, -0.25) is 0 Å². The van der Waals surface area contributed by atoms with Crippen LogP contribution in [0.5, 0.6) is 0 Å². The van der Waals surface area contributed by atoms with Crippen molar-refractivity contribution in [3.05, 3.63) is 11.9 Å². The Hall–Kier alpha value is -1.00. The zero-order valence-electron chi connectivity index (χ0n) is 7.74. The minimum absolute atomic E-state index is 0.185. The van der Waals surface area contributed by atoms with Gasteiger partial charge < -0.3 is 0 Å². The second-order valence-corrected chi connectivity index (χ2v) is 3.20. The van der Waals surface area contributed by atoms with Gasteiger partial charge in [0.05, 0.1) is 18.4 Å². The Bertz CT molecular complexity index is 258. The molecular formula is C8H13F2N3. The molecule has 1 aromatic heterocycles. The van der Waals surface area contributed by atoms with Crippen molar-refractivity contribution in [3.8, 4) is 0 Å². The van der Waals surface area contributed by atoms with Crippen LogP contribution in [0.1, 0.15) is 31.9 Å². The van der Waals surface area contributed by atoms with E-state index in [4.69, 9.17) is 0 Å². The van der Waals surface area contributed by atoms with Crippen LogP contribution in [-0.2, 0) is 6.54 Å². The summed E-state index contributed by atoms with van der Waals surface area (Å²) in [6, 6.07) is 0. The van der Waals surface area contributed by atoms with Crippen molar-refractivity contribution in [2.24, 2.45) is 0 Å². The summed E-state index contributed by atoms with van der Waals surface area (Å²) in [5.74, 6) is 0.292. The molecule has 74 valence electrons. The van der Waals surface area contributed by atoms with Crippen LogP contribution in [0.25, 0.3) is 0 Å². The number of hydrogen-bond donors (Lipinski definition) is 0. The molecular weight excluding hydrogens is 176 g/mol. The molecule has 0 aliphatic rings. The van der Waals surface area contributed by atoms with Crippen LogP contribution < -0.4 is 0 Å². The molecule has 0 spiro atoms. The van der Waals surface area contributed by atoms with Gasteiger partial charge in [0.2, 0.25) is 6.43 Å². The molecule has 0 aliphatic carbocycles. The molecule has 1 rings (SSSR count). The van der Waals surface area contributed by atoms with E-state index in [0.717, 1.165) is 5.69 Å². The minimum Gasteiger partial charge on any atom is -0.210 e. The molecule has 0 saturated carbocycles. The van der Waals surface area contributed by atoms with E-state index in [0.29, 0.717) is 5.92 Å². The summed E-state index contributed by atoms with van der Waals surface area (Å²) >= 11 is 0. The maximum Gasteiger partial charge on any atom is 0.240 e. The van der Waals surface area contributed by atoms with Gasteiger partial charge in [0.1, 0.15) is 0 Å². The maximum atomic E-state index is 11.8. The molecule has 3 nitrogen and oxygen atoms in total. The lowest BCUT2D eigenvalue weighted by Crippen LogP contribution is -2.06. The van der Waals surface area contributed by atoms with E-state index in [2.05, 4.69) is 10.2 Å². The molecule has 0 amide bonds. The zero-order chi connectivity index (χ0) is 9.84. The van der Waals surface area contributed by atoms with E-state index in [9.17, 15) is 8.78 Å². The zero-order valence-corrected chi connectivity index (χ0v) is 7.74. The SMILES string of the molecule is CC(C)c1cnn(CCC(F)F)n1. The highest BCUT2D eigenvalue weighted by molar-refractivity contribution is 4.97. The Morgan fingerprint density at radius 3 is 2.62 bits per heavy atom. The Morgan fingerprint density at radius 2 is 2.15 bits per heavy atom. The predicted octanol–water partition coefficient (Wildman–Crippen LogP) is 2.06. The highest BCUT2D eigenvalue weighted by atomic mass is 19.3. The van der Waals surface area contributed by atoms with Gasteiger partial charge in [0, 0.05) is 6.42 Å². The minimum atomic E-state index is -2.28. The summed E-state index contributed by atoms with van der Waals surface area (Å²) in [7, 11) is 0. The Kier molecular flexibility index (Phi) is 3.33. The highest BCUT2D eigenvalue weighted by Crippen LogP contribution is 2.09. The number of aromatic nitrogens is 3. The number of aryl methyl sites for hydroxylation is 1.